The van der Waals surface area contributed by atoms with Crippen molar-refractivity contribution in [2.75, 3.05) is 7.11 Å². The topological polar surface area (TPSA) is 31.2 Å². The number of fused-ring (bicyclic) bond motifs is 1. The molecule has 1 aromatic heterocycles. The maximum absolute atomic E-state index is 11.4. The normalized spacial score (nSPS) is 10.8. The van der Waals surface area contributed by atoms with E-state index in [0.717, 1.165) is 5.56 Å². The molecule has 0 aliphatic carbocycles. The number of ether oxygens (including phenoxy) is 1. The van der Waals surface area contributed by atoms with E-state index in [9.17, 15) is 4.79 Å². The summed E-state index contributed by atoms with van der Waals surface area (Å²) in [5.41, 5.74) is 4.65. The van der Waals surface area contributed by atoms with Gasteiger partial charge in [-0.1, -0.05) is 6.07 Å². The largest absolute Gasteiger partial charge is 0.469 e. The Morgan fingerprint density at radius 1 is 1.35 bits per heavy atom. The third kappa shape index (κ3) is 2.05. The molecule has 0 spiro atoms. The Balaban J connectivity index is 2.62. The van der Waals surface area contributed by atoms with Gasteiger partial charge in [0.15, 0.2) is 0 Å². The summed E-state index contributed by atoms with van der Waals surface area (Å²) in [6.45, 7) is 4.16. The van der Waals surface area contributed by atoms with Crippen LogP contribution in [0.4, 0.5) is 0 Å². The van der Waals surface area contributed by atoms with E-state index in [4.69, 9.17) is 4.74 Å². The zero-order chi connectivity index (χ0) is 12.6. The Bertz CT molecular complexity index is 581. The summed E-state index contributed by atoms with van der Waals surface area (Å²) >= 11 is 0. The quantitative estimate of drug-likeness (QED) is 0.744. The molecule has 17 heavy (non-hydrogen) atoms. The second kappa shape index (κ2) is 4.24. The maximum atomic E-state index is 11.4. The van der Waals surface area contributed by atoms with Crippen LogP contribution in [-0.4, -0.2) is 17.6 Å². The summed E-state index contributed by atoms with van der Waals surface area (Å²) in [5.74, 6) is -0.197. The van der Waals surface area contributed by atoms with Crippen molar-refractivity contribution in [3.05, 3.63) is 35.0 Å². The highest BCUT2D eigenvalue weighted by molar-refractivity contribution is 5.90. The van der Waals surface area contributed by atoms with E-state index in [-0.39, 0.29) is 5.97 Å². The average molecular weight is 231 g/mol. The van der Waals surface area contributed by atoms with Crippen LogP contribution in [0.25, 0.3) is 10.9 Å². The predicted molar refractivity (Wildman–Crippen MR) is 68.1 cm³/mol. The molecule has 0 N–H and O–H groups in total. The lowest BCUT2D eigenvalue weighted by Gasteiger charge is -2.03. The van der Waals surface area contributed by atoms with Crippen molar-refractivity contribution < 1.29 is 9.53 Å². The summed E-state index contributed by atoms with van der Waals surface area (Å²) in [6, 6.07) is 4.28. The van der Waals surface area contributed by atoms with Gasteiger partial charge in [-0.2, -0.15) is 0 Å². The first kappa shape index (κ1) is 11.7. The number of hydrogen-bond donors (Lipinski definition) is 0. The molecular formula is C14H17NO2. The number of carbonyl (C=O) groups is 1. The lowest BCUT2D eigenvalue weighted by molar-refractivity contribution is -0.139. The lowest BCUT2D eigenvalue weighted by atomic mass is 10.0. The minimum Gasteiger partial charge on any atom is -0.469 e. The first-order chi connectivity index (χ1) is 8.02. The van der Waals surface area contributed by atoms with Crippen LogP contribution < -0.4 is 0 Å². The monoisotopic (exact) mass is 231 g/mol. The Morgan fingerprint density at radius 3 is 2.71 bits per heavy atom. The number of aromatic nitrogens is 1. The van der Waals surface area contributed by atoms with Crippen LogP contribution in [0.15, 0.2) is 18.3 Å². The van der Waals surface area contributed by atoms with Crippen molar-refractivity contribution in [2.45, 2.75) is 20.3 Å². The van der Waals surface area contributed by atoms with Crippen LogP contribution in [0.2, 0.25) is 0 Å². The molecular weight excluding hydrogens is 214 g/mol. The van der Waals surface area contributed by atoms with E-state index in [2.05, 4.69) is 30.5 Å². The van der Waals surface area contributed by atoms with Gasteiger partial charge in [0.2, 0.25) is 0 Å². The molecule has 0 radical (unpaired) electrons. The average Bonchev–Trinajstić information content (AvgIpc) is 2.55. The van der Waals surface area contributed by atoms with Gasteiger partial charge in [0, 0.05) is 24.1 Å². The van der Waals surface area contributed by atoms with Crippen molar-refractivity contribution in [3.8, 4) is 0 Å². The number of benzene rings is 1. The third-order valence-electron chi connectivity index (χ3n) is 3.07. The molecule has 1 aromatic carbocycles. The van der Waals surface area contributed by atoms with Gasteiger partial charge in [-0.25, -0.2) is 0 Å². The van der Waals surface area contributed by atoms with Crippen LogP contribution in [0, 0.1) is 13.8 Å². The van der Waals surface area contributed by atoms with Gasteiger partial charge in [-0.05, 0) is 36.6 Å². The minimum absolute atomic E-state index is 0.197. The molecule has 0 aliphatic rings. The highest BCUT2D eigenvalue weighted by Crippen LogP contribution is 2.26. The third-order valence-corrected chi connectivity index (χ3v) is 3.07. The molecule has 0 unspecified atom stereocenters. The van der Waals surface area contributed by atoms with Crippen molar-refractivity contribution in [1.29, 1.82) is 0 Å². The Hall–Kier alpha value is -1.77. The molecule has 0 aliphatic heterocycles. The molecule has 3 heteroatoms. The van der Waals surface area contributed by atoms with E-state index in [0.29, 0.717) is 6.42 Å². The smallest absolute Gasteiger partial charge is 0.310 e. The standard InChI is InChI=1S/C14H17NO2/c1-9-5-10(2)14-11(7-13(16)17-4)8-15(3)12(14)6-9/h5-6,8H,7H2,1-4H3. The van der Waals surface area contributed by atoms with Gasteiger partial charge in [-0.15, -0.1) is 0 Å². The van der Waals surface area contributed by atoms with Crippen molar-refractivity contribution >= 4 is 16.9 Å². The van der Waals surface area contributed by atoms with E-state index in [1.54, 1.807) is 0 Å². The summed E-state index contributed by atoms with van der Waals surface area (Å²) in [6.07, 6.45) is 2.34. The second-order valence-electron chi connectivity index (χ2n) is 4.49. The molecule has 2 aromatic rings. The predicted octanol–water partition coefficient (Wildman–Crippen LogP) is 2.51. The first-order valence-corrected chi connectivity index (χ1v) is 5.65. The van der Waals surface area contributed by atoms with Gasteiger partial charge in [0.05, 0.1) is 13.5 Å². The van der Waals surface area contributed by atoms with Gasteiger partial charge in [0.1, 0.15) is 0 Å². The molecule has 1 heterocycles. The van der Waals surface area contributed by atoms with Crippen LogP contribution in [0.3, 0.4) is 0 Å². The maximum Gasteiger partial charge on any atom is 0.310 e. The Morgan fingerprint density at radius 2 is 2.06 bits per heavy atom. The number of aryl methyl sites for hydroxylation is 3. The van der Waals surface area contributed by atoms with Gasteiger partial charge >= 0.3 is 5.97 Å². The molecule has 0 saturated carbocycles. The second-order valence-corrected chi connectivity index (χ2v) is 4.49. The fourth-order valence-corrected chi connectivity index (χ4v) is 2.37. The van der Waals surface area contributed by atoms with Gasteiger partial charge < -0.3 is 9.30 Å². The number of nitrogens with zero attached hydrogens (tertiary/aromatic N) is 1. The molecule has 0 atom stereocenters. The summed E-state index contributed by atoms with van der Waals surface area (Å²) in [5, 5.41) is 1.17. The number of esters is 1. The van der Waals surface area contributed by atoms with Crippen LogP contribution in [0.5, 0.6) is 0 Å². The zero-order valence-corrected chi connectivity index (χ0v) is 10.7. The Labute approximate surface area is 101 Å². The SMILES string of the molecule is COC(=O)Cc1cn(C)c2cc(C)cc(C)c12. The zero-order valence-electron chi connectivity index (χ0n) is 10.7. The van der Waals surface area contributed by atoms with Crippen molar-refractivity contribution in [3.63, 3.8) is 0 Å². The fourth-order valence-electron chi connectivity index (χ4n) is 2.37. The number of carbonyl (C=O) groups excluding carboxylic acids is 1. The van der Waals surface area contributed by atoms with Crippen molar-refractivity contribution in [1.82, 2.24) is 4.57 Å². The summed E-state index contributed by atoms with van der Waals surface area (Å²) in [7, 11) is 3.42. The van der Waals surface area contributed by atoms with E-state index < -0.39 is 0 Å². The number of rotatable bonds is 2. The molecule has 2 rings (SSSR count). The van der Waals surface area contributed by atoms with Crippen LogP contribution in [-0.2, 0) is 23.0 Å². The first-order valence-electron chi connectivity index (χ1n) is 5.65. The van der Waals surface area contributed by atoms with Crippen LogP contribution >= 0.6 is 0 Å². The van der Waals surface area contributed by atoms with E-state index >= 15 is 0 Å². The van der Waals surface area contributed by atoms with Gasteiger partial charge in [-0.3, -0.25) is 4.79 Å². The molecule has 3 nitrogen and oxygen atoms in total. The highest BCUT2D eigenvalue weighted by atomic mass is 16.5. The van der Waals surface area contributed by atoms with E-state index in [1.807, 2.05) is 13.2 Å². The number of hydrogen-bond acceptors (Lipinski definition) is 2. The molecule has 0 saturated heterocycles. The molecule has 0 bridgehead atoms. The van der Waals surface area contributed by atoms with E-state index in [1.165, 1.54) is 29.1 Å². The summed E-state index contributed by atoms with van der Waals surface area (Å²) in [4.78, 5) is 11.4. The molecule has 0 amide bonds. The molecule has 90 valence electrons. The fraction of sp³-hybridized carbons (Fsp3) is 0.357. The van der Waals surface area contributed by atoms with Gasteiger partial charge in [0.25, 0.3) is 0 Å². The Kier molecular flexibility index (Phi) is 2.92. The highest BCUT2D eigenvalue weighted by Gasteiger charge is 2.13. The van der Waals surface area contributed by atoms with Crippen molar-refractivity contribution in [2.24, 2.45) is 7.05 Å². The molecule has 0 fully saturated rings. The summed E-state index contributed by atoms with van der Waals surface area (Å²) < 4.78 is 6.79. The number of methoxy groups -OCH3 is 1. The van der Waals surface area contributed by atoms with Crippen LogP contribution in [0.1, 0.15) is 16.7 Å². The lowest BCUT2D eigenvalue weighted by Crippen LogP contribution is -2.04. The minimum atomic E-state index is -0.197.